The smallest absolute Gasteiger partial charge is 0.308 e. The maximum atomic E-state index is 13.0. The van der Waals surface area contributed by atoms with Crippen LogP contribution < -0.4 is 5.32 Å². The molecular formula is C20H22N2O3. The Labute approximate surface area is 147 Å². The molecule has 1 aliphatic rings. The van der Waals surface area contributed by atoms with Crippen molar-refractivity contribution in [3.63, 3.8) is 0 Å². The SMILES string of the molecule is CC1CC(C(=O)O)CN(C(=O)c2ccccc2Nc2ccccc2)C1. The van der Waals surface area contributed by atoms with Gasteiger partial charge in [-0.3, -0.25) is 9.59 Å². The van der Waals surface area contributed by atoms with E-state index in [4.69, 9.17) is 0 Å². The summed E-state index contributed by atoms with van der Waals surface area (Å²) in [6.45, 7) is 2.84. The summed E-state index contributed by atoms with van der Waals surface area (Å²) < 4.78 is 0. The van der Waals surface area contributed by atoms with Crippen molar-refractivity contribution in [3.8, 4) is 0 Å². The molecule has 2 aromatic carbocycles. The van der Waals surface area contributed by atoms with Gasteiger partial charge in [0, 0.05) is 18.8 Å². The van der Waals surface area contributed by atoms with Crippen LogP contribution in [0.15, 0.2) is 54.6 Å². The van der Waals surface area contributed by atoms with Crippen molar-refractivity contribution in [1.29, 1.82) is 0 Å². The van der Waals surface area contributed by atoms with Crippen molar-refractivity contribution >= 4 is 23.3 Å². The molecule has 130 valence electrons. The van der Waals surface area contributed by atoms with Crippen LogP contribution in [0, 0.1) is 11.8 Å². The van der Waals surface area contributed by atoms with Crippen LogP contribution in [0.25, 0.3) is 0 Å². The molecular weight excluding hydrogens is 316 g/mol. The molecule has 5 heteroatoms. The van der Waals surface area contributed by atoms with E-state index in [-0.39, 0.29) is 18.4 Å². The normalized spacial score (nSPS) is 20.1. The van der Waals surface area contributed by atoms with Gasteiger partial charge in [0.1, 0.15) is 0 Å². The van der Waals surface area contributed by atoms with Crippen molar-refractivity contribution in [3.05, 3.63) is 60.2 Å². The highest BCUT2D eigenvalue weighted by Gasteiger charge is 2.32. The van der Waals surface area contributed by atoms with Gasteiger partial charge in [0.2, 0.25) is 0 Å². The Balaban J connectivity index is 1.83. The third kappa shape index (κ3) is 3.99. The predicted octanol–water partition coefficient (Wildman–Crippen LogP) is 3.61. The van der Waals surface area contributed by atoms with Gasteiger partial charge in [0.05, 0.1) is 17.2 Å². The van der Waals surface area contributed by atoms with E-state index in [2.05, 4.69) is 5.32 Å². The number of carbonyl (C=O) groups is 2. The molecule has 0 spiro atoms. The fourth-order valence-electron chi connectivity index (χ4n) is 3.32. The number of likely N-dealkylation sites (tertiary alicyclic amines) is 1. The number of benzene rings is 2. The first-order chi connectivity index (χ1) is 12.0. The average molecular weight is 338 g/mol. The Morgan fingerprint density at radius 3 is 2.44 bits per heavy atom. The largest absolute Gasteiger partial charge is 0.481 e. The lowest BCUT2D eigenvalue weighted by Crippen LogP contribution is -2.45. The molecule has 2 unspecified atom stereocenters. The highest BCUT2D eigenvalue weighted by atomic mass is 16.4. The van der Waals surface area contributed by atoms with Crippen molar-refractivity contribution in [2.75, 3.05) is 18.4 Å². The number of carbonyl (C=O) groups excluding carboxylic acids is 1. The maximum absolute atomic E-state index is 13.0. The van der Waals surface area contributed by atoms with Gasteiger partial charge in [0.25, 0.3) is 5.91 Å². The number of hydrogen-bond donors (Lipinski definition) is 2. The molecule has 1 fully saturated rings. The number of anilines is 2. The van der Waals surface area contributed by atoms with Crippen LogP contribution in [-0.4, -0.2) is 35.0 Å². The lowest BCUT2D eigenvalue weighted by molar-refractivity contribution is -0.143. The molecule has 2 atom stereocenters. The topological polar surface area (TPSA) is 69.6 Å². The molecule has 0 aliphatic carbocycles. The minimum absolute atomic E-state index is 0.128. The standard InChI is InChI=1S/C20H22N2O3/c1-14-11-15(20(24)25)13-22(12-14)19(23)17-9-5-6-10-18(17)21-16-7-3-2-4-8-16/h2-10,14-15,21H,11-13H2,1H3,(H,24,25). The number of aliphatic carboxylic acids is 1. The minimum Gasteiger partial charge on any atom is -0.481 e. The molecule has 0 radical (unpaired) electrons. The van der Waals surface area contributed by atoms with E-state index in [9.17, 15) is 14.7 Å². The van der Waals surface area contributed by atoms with E-state index >= 15 is 0 Å². The fourth-order valence-corrected chi connectivity index (χ4v) is 3.32. The van der Waals surface area contributed by atoms with Gasteiger partial charge in [-0.25, -0.2) is 0 Å². The third-order valence-corrected chi connectivity index (χ3v) is 4.51. The van der Waals surface area contributed by atoms with E-state index in [1.807, 2.05) is 55.5 Å². The van der Waals surface area contributed by atoms with Crippen molar-refractivity contribution in [2.45, 2.75) is 13.3 Å². The molecule has 5 nitrogen and oxygen atoms in total. The quantitative estimate of drug-likeness (QED) is 0.893. The van der Waals surface area contributed by atoms with Gasteiger partial charge in [-0.15, -0.1) is 0 Å². The summed E-state index contributed by atoms with van der Waals surface area (Å²) in [4.78, 5) is 26.0. The zero-order valence-corrected chi connectivity index (χ0v) is 14.2. The van der Waals surface area contributed by atoms with Gasteiger partial charge < -0.3 is 15.3 Å². The highest BCUT2D eigenvalue weighted by molar-refractivity contribution is 6.00. The van der Waals surface area contributed by atoms with Crippen LogP contribution in [0.5, 0.6) is 0 Å². The predicted molar refractivity (Wildman–Crippen MR) is 97.0 cm³/mol. The Kier molecular flexibility index (Phi) is 5.03. The molecule has 0 saturated carbocycles. The van der Waals surface area contributed by atoms with Gasteiger partial charge in [-0.2, -0.15) is 0 Å². The Hall–Kier alpha value is -2.82. The number of para-hydroxylation sites is 2. The van der Waals surface area contributed by atoms with Gasteiger partial charge in [0.15, 0.2) is 0 Å². The third-order valence-electron chi connectivity index (χ3n) is 4.51. The maximum Gasteiger partial charge on any atom is 0.308 e. The van der Waals surface area contributed by atoms with E-state index < -0.39 is 11.9 Å². The average Bonchev–Trinajstić information content (AvgIpc) is 2.62. The summed E-state index contributed by atoms with van der Waals surface area (Å²) in [7, 11) is 0. The number of rotatable bonds is 4. The number of carboxylic acids is 1. The van der Waals surface area contributed by atoms with Crippen LogP contribution in [0.4, 0.5) is 11.4 Å². The zero-order valence-electron chi connectivity index (χ0n) is 14.2. The van der Waals surface area contributed by atoms with Gasteiger partial charge >= 0.3 is 5.97 Å². The Morgan fingerprint density at radius 2 is 1.72 bits per heavy atom. The zero-order chi connectivity index (χ0) is 17.8. The van der Waals surface area contributed by atoms with Crippen LogP contribution in [0.1, 0.15) is 23.7 Å². The Morgan fingerprint density at radius 1 is 1.04 bits per heavy atom. The second-order valence-corrected chi connectivity index (χ2v) is 6.62. The second-order valence-electron chi connectivity index (χ2n) is 6.62. The number of nitrogens with one attached hydrogen (secondary N) is 1. The van der Waals surface area contributed by atoms with Crippen molar-refractivity contribution in [1.82, 2.24) is 4.90 Å². The molecule has 2 aromatic rings. The molecule has 0 bridgehead atoms. The molecule has 2 N–H and O–H groups in total. The molecule has 3 rings (SSSR count). The number of hydrogen-bond acceptors (Lipinski definition) is 3. The van der Waals surface area contributed by atoms with E-state index in [0.29, 0.717) is 18.5 Å². The van der Waals surface area contributed by atoms with Crippen LogP contribution >= 0.6 is 0 Å². The summed E-state index contributed by atoms with van der Waals surface area (Å²) in [6.07, 6.45) is 0.614. The van der Waals surface area contributed by atoms with Gasteiger partial charge in [-0.05, 0) is 36.6 Å². The summed E-state index contributed by atoms with van der Waals surface area (Å²) in [5.74, 6) is -1.29. The van der Waals surface area contributed by atoms with E-state index in [1.54, 1.807) is 11.0 Å². The first-order valence-electron chi connectivity index (χ1n) is 8.47. The monoisotopic (exact) mass is 338 g/mol. The van der Waals surface area contributed by atoms with Crippen LogP contribution in [0.3, 0.4) is 0 Å². The van der Waals surface area contributed by atoms with Crippen molar-refractivity contribution < 1.29 is 14.7 Å². The number of amides is 1. The summed E-state index contributed by atoms with van der Waals surface area (Å²) in [5.41, 5.74) is 2.19. The van der Waals surface area contributed by atoms with Crippen LogP contribution in [0.2, 0.25) is 0 Å². The number of carboxylic acid groups (broad SMARTS) is 1. The van der Waals surface area contributed by atoms with Crippen LogP contribution in [-0.2, 0) is 4.79 Å². The molecule has 25 heavy (non-hydrogen) atoms. The molecule has 1 amide bonds. The number of piperidine rings is 1. The van der Waals surface area contributed by atoms with E-state index in [0.717, 1.165) is 11.4 Å². The molecule has 0 aromatic heterocycles. The first-order valence-corrected chi connectivity index (χ1v) is 8.47. The Bertz CT molecular complexity index is 761. The summed E-state index contributed by atoms with van der Waals surface area (Å²) >= 11 is 0. The fraction of sp³-hybridized carbons (Fsp3) is 0.300. The lowest BCUT2D eigenvalue weighted by atomic mass is 9.90. The second kappa shape index (κ2) is 7.38. The summed E-state index contributed by atoms with van der Waals surface area (Å²) in [5, 5.41) is 12.6. The minimum atomic E-state index is -0.833. The molecule has 1 aliphatic heterocycles. The number of nitrogens with zero attached hydrogens (tertiary/aromatic N) is 1. The molecule has 1 heterocycles. The first kappa shape index (κ1) is 17.0. The van der Waals surface area contributed by atoms with Crippen molar-refractivity contribution in [2.24, 2.45) is 11.8 Å². The van der Waals surface area contributed by atoms with E-state index in [1.165, 1.54) is 0 Å². The highest BCUT2D eigenvalue weighted by Crippen LogP contribution is 2.27. The lowest BCUT2D eigenvalue weighted by Gasteiger charge is -2.35. The van der Waals surface area contributed by atoms with Gasteiger partial charge in [-0.1, -0.05) is 37.3 Å². The summed E-state index contributed by atoms with van der Waals surface area (Å²) in [6, 6.07) is 17.0. The molecule has 1 saturated heterocycles.